The maximum atomic E-state index is 13.0. The molecule has 6 nitrogen and oxygen atoms in total. The topological polar surface area (TPSA) is 71.8 Å². The zero-order valence-electron chi connectivity index (χ0n) is 17.3. The number of amides is 2. The summed E-state index contributed by atoms with van der Waals surface area (Å²) < 4.78 is 11.5. The molecule has 1 aromatic heterocycles. The molecule has 0 aliphatic carbocycles. The van der Waals surface area contributed by atoms with E-state index in [1.807, 2.05) is 61.5 Å². The van der Waals surface area contributed by atoms with Crippen LogP contribution in [0.25, 0.3) is 21.9 Å². The van der Waals surface area contributed by atoms with Crippen molar-refractivity contribution in [2.45, 2.75) is 13.3 Å². The third kappa shape index (κ3) is 3.40. The van der Waals surface area contributed by atoms with Crippen molar-refractivity contribution in [1.82, 2.24) is 0 Å². The number of benzene rings is 3. The molecule has 1 fully saturated rings. The van der Waals surface area contributed by atoms with Crippen LogP contribution >= 0.6 is 0 Å². The number of hydrogen-bond acceptors (Lipinski definition) is 4. The van der Waals surface area contributed by atoms with Gasteiger partial charge in [-0.25, -0.2) is 0 Å². The normalized spacial score (nSPS) is 16.3. The Hall–Kier alpha value is -3.80. The van der Waals surface area contributed by atoms with Crippen molar-refractivity contribution in [3.8, 4) is 5.75 Å². The number of methoxy groups -OCH3 is 1. The predicted octanol–water partition coefficient (Wildman–Crippen LogP) is 4.89. The van der Waals surface area contributed by atoms with Gasteiger partial charge in [0.15, 0.2) is 0 Å². The maximum absolute atomic E-state index is 13.0. The number of carbonyl (C=O) groups excluding carboxylic acids is 2. The average Bonchev–Trinajstić information content (AvgIpc) is 3.34. The molecular weight excluding hydrogens is 392 g/mol. The van der Waals surface area contributed by atoms with Crippen LogP contribution in [0.4, 0.5) is 11.4 Å². The molecule has 2 heterocycles. The lowest BCUT2D eigenvalue weighted by molar-refractivity contribution is -0.122. The second-order valence-electron chi connectivity index (χ2n) is 7.88. The highest BCUT2D eigenvalue weighted by molar-refractivity contribution is 6.09. The first-order valence-electron chi connectivity index (χ1n) is 10.2. The maximum Gasteiger partial charge on any atom is 0.229 e. The molecule has 5 rings (SSSR count). The number of rotatable bonds is 4. The van der Waals surface area contributed by atoms with Gasteiger partial charge in [0.05, 0.1) is 18.7 Å². The molecule has 2 amide bonds. The molecule has 4 aromatic rings. The van der Waals surface area contributed by atoms with Crippen molar-refractivity contribution in [2.75, 3.05) is 23.9 Å². The number of hydrogen-bond donors (Lipinski definition) is 1. The van der Waals surface area contributed by atoms with E-state index in [1.165, 1.54) is 0 Å². The van der Waals surface area contributed by atoms with E-state index in [2.05, 4.69) is 5.32 Å². The molecule has 0 saturated carbocycles. The molecule has 31 heavy (non-hydrogen) atoms. The van der Waals surface area contributed by atoms with Crippen molar-refractivity contribution in [2.24, 2.45) is 5.92 Å². The number of carbonyl (C=O) groups is 2. The monoisotopic (exact) mass is 414 g/mol. The molecule has 1 atom stereocenters. The SMILES string of the molecule is COc1cc2c(cc1NC(=O)[C@@H]1CC(=O)N(c3ccc(C)cc3)C1)oc1ccccc12. The molecule has 1 aliphatic rings. The van der Waals surface area contributed by atoms with Crippen LogP contribution in [0, 0.1) is 12.8 Å². The van der Waals surface area contributed by atoms with Gasteiger partial charge in [-0.1, -0.05) is 35.9 Å². The van der Waals surface area contributed by atoms with E-state index in [-0.39, 0.29) is 18.2 Å². The van der Waals surface area contributed by atoms with E-state index in [0.29, 0.717) is 23.6 Å². The number of nitrogens with zero attached hydrogens (tertiary/aromatic N) is 1. The second-order valence-corrected chi connectivity index (χ2v) is 7.88. The van der Waals surface area contributed by atoms with Gasteiger partial charge >= 0.3 is 0 Å². The Morgan fingerprint density at radius 3 is 2.61 bits per heavy atom. The summed E-state index contributed by atoms with van der Waals surface area (Å²) in [5.74, 6) is -0.155. The van der Waals surface area contributed by atoms with Gasteiger partial charge in [-0.2, -0.15) is 0 Å². The Morgan fingerprint density at radius 1 is 1.06 bits per heavy atom. The van der Waals surface area contributed by atoms with Crippen LogP contribution in [0.15, 0.2) is 65.1 Å². The van der Waals surface area contributed by atoms with Crippen molar-refractivity contribution in [1.29, 1.82) is 0 Å². The number of anilines is 2. The van der Waals surface area contributed by atoms with Gasteiger partial charge in [0.1, 0.15) is 16.9 Å². The zero-order chi connectivity index (χ0) is 21.5. The lowest BCUT2D eigenvalue weighted by atomic mass is 10.1. The number of ether oxygens (including phenoxy) is 1. The molecular formula is C25H22N2O4. The van der Waals surface area contributed by atoms with Gasteiger partial charge in [-0.05, 0) is 31.2 Å². The van der Waals surface area contributed by atoms with E-state index >= 15 is 0 Å². The van der Waals surface area contributed by atoms with E-state index in [4.69, 9.17) is 9.15 Å². The zero-order valence-corrected chi connectivity index (χ0v) is 17.3. The molecule has 156 valence electrons. The highest BCUT2D eigenvalue weighted by Gasteiger charge is 2.35. The van der Waals surface area contributed by atoms with Gasteiger partial charge in [0, 0.05) is 35.5 Å². The van der Waals surface area contributed by atoms with Crippen LogP contribution in [-0.2, 0) is 9.59 Å². The van der Waals surface area contributed by atoms with Gasteiger partial charge in [0.2, 0.25) is 11.8 Å². The number of nitrogens with one attached hydrogen (secondary N) is 1. The number of para-hydroxylation sites is 1. The fraction of sp³-hybridized carbons (Fsp3) is 0.200. The summed E-state index contributed by atoms with van der Waals surface area (Å²) in [6.07, 6.45) is 0.176. The van der Waals surface area contributed by atoms with E-state index in [0.717, 1.165) is 27.6 Å². The molecule has 0 bridgehead atoms. The van der Waals surface area contributed by atoms with Crippen LogP contribution in [0.5, 0.6) is 5.75 Å². The minimum absolute atomic E-state index is 0.0521. The standard InChI is InChI=1S/C25H22N2O4/c1-15-7-9-17(10-8-15)27-14-16(11-24(27)28)25(29)26-20-13-22-19(12-23(20)30-2)18-5-3-4-6-21(18)31-22/h3-10,12-13,16H,11,14H2,1-2H3,(H,26,29)/t16-/m1/s1. The average molecular weight is 414 g/mol. The van der Waals surface area contributed by atoms with Crippen molar-refractivity contribution < 1.29 is 18.7 Å². The Labute approximate surface area is 179 Å². The van der Waals surface area contributed by atoms with Gasteiger partial charge in [-0.15, -0.1) is 0 Å². The Bertz CT molecular complexity index is 1310. The molecule has 3 aromatic carbocycles. The van der Waals surface area contributed by atoms with Crippen LogP contribution < -0.4 is 15.0 Å². The molecule has 1 aliphatic heterocycles. The second kappa shape index (κ2) is 7.47. The minimum atomic E-state index is -0.440. The van der Waals surface area contributed by atoms with Crippen LogP contribution in [0.3, 0.4) is 0 Å². The Morgan fingerprint density at radius 2 is 1.84 bits per heavy atom. The lowest BCUT2D eigenvalue weighted by Crippen LogP contribution is -2.28. The molecule has 0 spiro atoms. The third-order valence-corrected chi connectivity index (χ3v) is 5.80. The largest absolute Gasteiger partial charge is 0.495 e. The smallest absolute Gasteiger partial charge is 0.229 e. The first-order valence-corrected chi connectivity index (χ1v) is 10.2. The van der Waals surface area contributed by atoms with Crippen LogP contribution in [0.2, 0.25) is 0 Å². The molecule has 0 unspecified atom stereocenters. The fourth-order valence-electron chi connectivity index (χ4n) is 4.11. The lowest BCUT2D eigenvalue weighted by Gasteiger charge is -2.17. The fourth-order valence-corrected chi connectivity index (χ4v) is 4.11. The number of aryl methyl sites for hydroxylation is 1. The van der Waals surface area contributed by atoms with Gasteiger partial charge in [-0.3, -0.25) is 9.59 Å². The molecule has 6 heteroatoms. The molecule has 1 N–H and O–H groups in total. The third-order valence-electron chi connectivity index (χ3n) is 5.80. The molecule has 0 radical (unpaired) electrons. The summed E-state index contributed by atoms with van der Waals surface area (Å²) in [6.45, 7) is 2.35. The predicted molar refractivity (Wildman–Crippen MR) is 121 cm³/mol. The summed E-state index contributed by atoms with van der Waals surface area (Å²) in [5, 5.41) is 4.85. The summed E-state index contributed by atoms with van der Waals surface area (Å²) in [5.41, 5.74) is 3.91. The van der Waals surface area contributed by atoms with Crippen molar-refractivity contribution in [3.63, 3.8) is 0 Å². The van der Waals surface area contributed by atoms with Crippen molar-refractivity contribution >= 4 is 45.1 Å². The van der Waals surface area contributed by atoms with Crippen LogP contribution in [0.1, 0.15) is 12.0 Å². The Balaban J connectivity index is 1.40. The summed E-state index contributed by atoms with van der Waals surface area (Å²) in [7, 11) is 1.57. The highest BCUT2D eigenvalue weighted by atomic mass is 16.5. The molecule has 1 saturated heterocycles. The minimum Gasteiger partial charge on any atom is -0.495 e. The highest BCUT2D eigenvalue weighted by Crippen LogP contribution is 2.37. The van der Waals surface area contributed by atoms with Crippen molar-refractivity contribution in [3.05, 3.63) is 66.2 Å². The number of furan rings is 1. The first-order chi connectivity index (χ1) is 15.0. The quantitative estimate of drug-likeness (QED) is 0.516. The first kappa shape index (κ1) is 19.2. The van der Waals surface area contributed by atoms with Gasteiger partial charge in [0.25, 0.3) is 0 Å². The number of fused-ring (bicyclic) bond motifs is 3. The summed E-state index contributed by atoms with van der Waals surface area (Å²) >= 11 is 0. The van der Waals surface area contributed by atoms with Crippen LogP contribution in [-0.4, -0.2) is 25.5 Å². The van der Waals surface area contributed by atoms with E-state index in [9.17, 15) is 9.59 Å². The summed E-state index contributed by atoms with van der Waals surface area (Å²) in [4.78, 5) is 27.2. The van der Waals surface area contributed by atoms with E-state index < -0.39 is 5.92 Å². The van der Waals surface area contributed by atoms with Gasteiger partial charge < -0.3 is 19.4 Å². The summed E-state index contributed by atoms with van der Waals surface area (Å²) in [6, 6.07) is 19.2. The Kier molecular flexibility index (Phi) is 4.62. The van der Waals surface area contributed by atoms with E-state index in [1.54, 1.807) is 18.1 Å².